The van der Waals surface area contributed by atoms with E-state index in [0.29, 0.717) is 0 Å². The van der Waals surface area contributed by atoms with E-state index in [9.17, 15) is 0 Å². The van der Waals surface area contributed by atoms with Crippen molar-refractivity contribution >= 4 is 11.6 Å². The van der Waals surface area contributed by atoms with Crippen molar-refractivity contribution in [3.63, 3.8) is 0 Å². The number of rotatable bonds is 0. The molecule has 0 heterocycles. The van der Waals surface area contributed by atoms with Gasteiger partial charge >= 0.3 is 0 Å². The maximum Gasteiger partial charge on any atom is -0.00700 e. The zero-order chi connectivity index (χ0) is 13.4. The predicted octanol–water partition coefficient (Wildman–Crippen LogP) is 3.77. The molecule has 0 N–H and O–H groups in total. The van der Waals surface area contributed by atoms with Gasteiger partial charge in [-0.2, -0.15) is 0 Å². The quantitative estimate of drug-likeness (QED) is 0.665. The van der Waals surface area contributed by atoms with Crippen molar-refractivity contribution in [2.45, 2.75) is 33.6 Å². The van der Waals surface area contributed by atoms with Crippen LogP contribution < -0.4 is 10.4 Å². The highest BCUT2D eigenvalue weighted by molar-refractivity contribution is 5.90. The zero-order valence-electron chi connectivity index (χ0n) is 12.0. The van der Waals surface area contributed by atoms with Crippen LogP contribution in [0.1, 0.15) is 37.8 Å². The molecule has 19 heavy (non-hydrogen) atoms. The highest BCUT2D eigenvalue weighted by Gasteiger charge is 2.21. The van der Waals surface area contributed by atoms with Gasteiger partial charge in [0.1, 0.15) is 0 Å². The maximum atomic E-state index is 2.38. The van der Waals surface area contributed by atoms with E-state index in [-0.39, 0.29) is 0 Å². The molecule has 0 bridgehead atoms. The van der Waals surface area contributed by atoms with Crippen molar-refractivity contribution in [2.75, 3.05) is 0 Å². The Morgan fingerprint density at radius 1 is 0.895 bits per heavy atom. The number of aryl methyl sites for hydroxylation is 1. The molecule has 2 aliphatic rings. The van der Waals surface area contributed by atoms with Crippen LogP contribution in [0.5, 0.6) is 0 Å². The molecule has 0 amide bonds. The molecule has 0 nitrogen and oxygen atoms in total. The van der Waals surface area contributed by atoms with Crippen molar-refractivity contribution < 1.29 is 0 Å². The topological polar surface area (TPSA) is 0 Å². The lowest BCUT2D eigenvalue weighted by molar-refractivity contribution is 1.09. The minimum atomic E-state index is 1.18. The van der Waals surface area contributed by atoms with Crippen LogP contribution in [-0.4, -0.2) is 0 Å². The summed E-state index contributed by atoms with van der Waals surface area (Å²) in [4.78, 5) is 0. The monoisotopic (exact) mass is 248 g/mol. The molecular weight excluding hydrogens is 228 g/mol. The fourth-order valence-electron chi connectivity index (χ4n) is 3.21. The SMILES string of the molecule is CC.Cc1ccc2c(c1)C1=c3c-2cccc3=CCC1. The molecule has 0 heteroatoms. The van der Waals surface area contributed by atoms with Crippen molar-refractivity contribution in [2.24, 2.45) is 0 Å². The zero-order valence-corrected chi connectivity index (χ0v) is 12.0. The summed E-state index contributed by atoms with van der Waals surface area (Å²) in [6, 6.07) is 13.5. The van der Waals surface area contributed by atoms with Gasteiger partial charge in [0, 0.05) is 0 Å². The molecule has 0 saturated carbocycles. The van der Waals surface area contributed by atoms with Gasteiger partial charge in [-0.3, -0.25) is 0 Å². The standard InChI is InChI=1S/C17H14.C2H6/c1-11-8-9-13-14-6-2-4-12-5-3-7-15(17(12)14)16(13)10-11;1-2/h2,4-6,8-10H,3,7H2,1H3;1-2H3. The van der Waals surface area contributed by atoms with Gasteiger partial charge in [0.2, 0.25) is 0 Å². The van der Waals surface area contributed by atoms with E-state index in [0.717, 1.165) is 0 Å². The van der Waals surface area contributed by atoms with E-state index in [1.165, 1.54) is 45.5 Å². The minimum absolute atomic E-state index is 1.18. The molecule has 0 radical (unpaired) electrons. The van der Waals surface area contributed by atoms with Gasteiger partial charge in [0.05, 0.1) is 0 Å². The summed E-state index contributed by atoms with van der Waals surface area (Å²) in [5, 5.41) is 2.93. The van der Waals surface area contributed by atoms with Gasteiger partial charge in [0.15, 0.2) is 0 Å². The largest absolute Gasteiger partial charge is 0.0763 e. The van der Waals surface area contributed by atoms with Gasteiger partial charge < -0.3 is 0 Å². The van der Waals surface area contributed by atoms with E-state index < -0.39 is 0 Å². The smallest absolute Gasteiger partial charge is 0.00700 e. The second-order valence-electron chi connectivity index (χ2n) is 5.04. The van der Waals surface area contributed by atoms with Crippen molar-refractivity contribution in [3.05, 3.63) is 58.0 Å². The average molecular weight is 248 g/mol. The van der Waals surface area contributed by atoms with Crippen LogP contribution in [0.3, 0.4) is 0 Å². The van der Waals surface area contributed by atoms with Crippen LogP contribution in [0.4, 0.5) is 0 Å². The van der Waals surface area contributed by atoms with Crippen molar-refractivity contribution in [1.29, 1.82) is 0 Å². The third-order valence-electron chi connectivity index (χ3n) is 3.95. The van der Waals surface area contributed by atoms with Gasteiger partial charge in [-0.25, -0.2) is 0 Å². The summed E-state index contributed by atoms with van der Waals surface area (Å²) in [6.07, 6.45) is 4.75. The van der Waals surface area contributed by atoms with Crippen LogP contribution in [0.25, 0.3) is 22.8 Å². The Hall–Kier alpha value is -1.82. The molecule has 0 fully saturated rings. The molecule has 4 rings (SSSR count). The Bertz CT molecular complexity index is 748. The van der Waals surface area contributed by atoms with Crippen LogP contribution in [0.15, 0.2) is 36.4 Å². The van der Waals surface area contributed by atoms with Crippen molar-refractivity contribution in [1.82, 2.24) is 0 Å². The van der Waals surface area contributed by atoms with Crippen LogP contribution in [0.2, 0.25) is 0 Å². The van der Waals surface area contributed by atoms with Crippen LogP contribution in [0, 0.1) is 6.92 Å². The fraction of sp³-hybridized carbons (Fsp3) is 0.263. The molecule has 2 aromatic carbocycles. The molecule has 2 aliphatic carbocycles. The molecule has 0 aromatic heterocycles. The van der Waals surface area contributed by atoms with E-state index in [1.54, 1.807) is 5.57 Å². The normalized spacial score (nSPS) is 13.9. The fourth-order valence-corrected chi connectivity index (χ4v) is 3.21. The van der Waals surface area contributed by atoms with Crippen LogP contribution >= 0.6 is 0 Å². The van der Waals surface area contributed by atoms with Crippen LogP contribution in [-0.2, 0) is 0 Å². The molecule has 0 spiro atoms. The summed E-state index contributed by atoms with van der Waals surface area (Å²) < 4.78 is 0. The van der Waals surface area contributed by atoms with Gasteiger partial charge in [-0.05, 0) is 52.5 Å². The first-order valence-electron chi connectivity index (χ1n) is 7.28. The highest BCUT2D eigenvalue weighted by Crippen LogP contribution is 2.34. The Kier molecular flexibility index (Phi) is 3.02. The molecule has 0 atom stereocenters. The third-order valence-corrected chi connectivity index (χ3v) is 3.95. The van der Waals surface area contributed by atoms with E-state index in [2.05, 4.69) is 49.4 Å². The second kappa shape index (κ2) is 4.70. The second-order valence-corrected chi connectivity index (χ2v) is 5.04. The molecule has 0 unspecified atom stereocenters. The van der Waals surface area contributed by atoms with E-state index >= 15 is 0 Å². The first kappa shape index (κ1) is 12.2. The Labute approximate surface area is 115 Å². The van der Waals surface area contributed by atoms with Crippen molar-refractivity contribution in [3.8, 4) is 11.1 Å². The summed E-state index contributed by atoms with van der Waals surface area (Å²) in [7, 11) is 0. The Morgan fingerprint density at radius 2 is 1.74 bits per heavy atom. The number of hydrogen-bond donors (Lipinski definition) is 0. The highest BCUT2D eigenvalue weighted by atomic mass is 14.2. The average Bonchev–Trinajstić information content (AvgIpc) is 2.78. The summed E-state index contributed by atoms with van der Waals surface area (Å²) in [5.74, 6) is 0. The molecule has 0 aliphatic heterocycles. The summed E-state index contributed by atoms with van der Waals surface area (Å²) >= 11 is 0. The summed E-state index contributed by atoms with van der Waals surface area (Å²) in [6.45, 7) is 6.18. The lowest BCUT2D eigenvalue weighted by Gasteiger charge is -2.08. The molecular formula is C19H20. The molecule has 2 aromatic rings. The Morgan fingerprint density at radius 3 is 2.58 bits per heavy atom. The maximum absolute atomic E-state index is 2.38. The van der Waals surface area contributed by atoms with E-state index in [1.807, 2.05) is 13.8 Å². The number of benzene rings is 2. The van der Waals surface area contributed by atoms with Gasteiger partial charge in [-0.15, -0.1) is 0 Å². The van der Waals surface area contributed by atoms with Gasteiger partial charge in [0.25, 0.3) is 0 Å². The minimum Gasteiger partial charge on any atom is -0.0763 e. The lowest BCUT2D eigenvalue weighted by Crippen LogP contribution is -2.28. The molecule has 96 valence electrons. The van der Waals surface area contributed by atoms with Gasteiger partial charge in [-0.1, -0.05) is 61.9 Å². The number of hydrogen-bond acceptors (Lipinski definition) is 0. The first-order chi connectivity index (χ1) is 9.34. The lowest BCUT2D eigenvalue weighted by atomic mass is 9.97. The summed E-state index contributed by atoms with van der Waals surface area (Å²) in [5.41, 5.74) is 7.26. The van der Waals surface area contributed by atoms with E-state index in [4.69, 9.17) is 0 Å². The predicted molar refractivity (Wildman–Crippen MR) is 83.4 cm³/mol. The number of fused-ring (bicyclic) bond motifs is 3. The Balaban J connectivity index is 0.000000528. The molecule has 0 saturated heterocycles. The first-order valence-corrected chi connectivity index (χ1v) is 7.28. The third kappa shape index (κ3) is 1.74.